The van der Waals surface area contributed by atoms with Crippen LogP contribution in [0.4, 0.5) is 0 Å². The van der Waals surface area contributed by atoms with Crippen molar-refractivity contribution in [2.24, 2.45) is 0 Å². The van der Waals surface area contributed by atoms with Crippen LogP contribution in [0, 0.1) is 5.41 Å². The number of pyridine rings is 1. The Morgan fingerprint density at radius 1 is 0.938 bits per heavy atom. The molecule has 0 bridgehead atoms. The lowest BCUT2D eigenvalue weighted by molar-refractivity contribution is 1.09. The molecule has 1 aromatic carbocycles. The van der Waals surface area contributed by atoms with E-state index in [1.54, 1.807) is 6.07 Å². The summed E-state index contributed by atoms with van der Waals surface area (Å²) in [6, 6.07) is 13.3. The second-order valence-electron chi connectivity index (χ2n) is 3.58. The molecule has 4 nitrogen and oxygen atoms in total. The SMILES string of the molecule is N=c1cccc(-c2nc3ccccc3[nH]2)[nH]1. The molecule has 0 aliphatic carbocycles. The van der Waals surface area contributed by atoms with Gasteiger partial charge in [0.05, 0.1) is 16.7 Å². The predicted molar refractivity (Wildman–Crippen MR) is 61.7 cm³/mol. The van der Waals surface area contributed by atoms with E-state index in [1.165, 1.54) is 0 Å². The molecule has 0 spiro atoms. The van der Waals surface area contributed by atoms with Gasteiger partial charge in [0.15, 0.2) is 5.82 Å². The van der Waals surface area contributed by atoms with Crippen molar-refractivity contribution in [3.63, 3.8) is 0 Å². The summed E-state index contributed by atoms with van der Waals surface area (Å²) in [5.74, 6) is 0.760. The fourth-order valence-electron chi connectivity index (χ4n) is 1.69. The van der Waals surface area contributed by atoms with E-state index in [2.05, 4.69) is 15.0 Å². The smallest absolute Gasteiger partial charge is 0.155 e. The van der Waals surface area contributed by atoms with Gasteiger partial charge in [-0.25, -0.2) is 4.98 Å². The van der Waals surface area contributed by atoms with Gasteiger partial charge >= 0.3 is 0 Å². The van der Waals surface area contributed by atoms with Crippen LogP contribution in [0.25, 0.3) is 22.6 Å². The van der Waals surface area contributed by atoms with E-state index in [0.29, 0.717) is 5.49 Å². The second-order valence-corrected chi connectivity index (χ2v) is 3.58. The van der Waals surface area contributed by atoms with Gasteiger partial charge in [0.2, 0.25) is 0 Å². The molecule has 0 unspecified atom stereocenters. The third-order valence-electron chi connectivity index (χ3n) is 2.44. The number of hydrogen-bond acceptors (Lipinski definition) is 2. The van der Waals surface area contributed by atoms with E-state index >= 15 is 0 Å². The van der Waals surface area contributed by atoms with Gasteiger partial charge < -0.3 is 9.97 Å². The maximum atomic E-state index is 7.52. The Morgan fingerprint density at radius 3 is 2.62 bits per heavy atom. The Balaban J connectivity index is 2.23. The standard InChI is InChI=1S/C12H10N4/c13-11-7-3-6-10(14-11)12-15-8-4-1-2-5-9(8)16-12/h1-7H,(H2,13,14)(H,15,16). The maximum Gasteiger partial charge on any atom is 0.155 e. The molecular formula is C12H10N4. The minimum Gasteiger partial charge on any atom is -0.338 e. The lowest BCUT2D eigenvalue weighted by atomic mass is 10.3. The van der Waals surface area contributed by atoms with E-state index in [0.717, 1.165) is 22.6 Å². The fourth-order valence-corrected chi connectivity index (χ4v) is 1.69. The van der Waals surface area contributed by atoms with Gasteiger partial charge in [-0.05, 0) is 24.3 Å². The number of imidazole rings is 1. The zero-order chi connectivity index (χ0) is 11.0. The van der Waals surface area contributed by atoms with Gasteiger partial charge in [-0.3, -0.25) is 5.41 Å². The van der Waals surface area contributed by atoms with E-state index < -0.39 is 0 Å². The second kappa shape index (κ2) is 3.34. The van der Waals surface area contributed by atoms with E-state index in [9.17, 15) is 0 Å². The predicted octanol–water partition coefficient (Wildman–Crippen LogP) is 2.04. The highest BCUT2D eigenvalue weighted by Gasteiger charge is 2.03. The van der Waals surface area contributed by atoms with Gasteiger partial charge in [0, 0.05) is 0 Å². The van der Waals surface area contributed by atoms with E-state index in [-0.39, 0.29) is 0 Å². The first-order valence-electron chi connectivity index (χ1n) is 5.02. The van der Waals surface area contributed by atoms with Crippen LogP contribution in [0.1, 0.15) is 0 Å². The van der Waals surface area contributed by atoms with Crippen LogP contribution in [0.5, 0.6) is 0 Å². The number of nitrogens with zero attached hydrogens (tertiary/aromatic N) is 1. The summed E-state index contributed by atoms with van der Waals surface area (Å²) in [4.78, 5) is 10.6. The van der Waals surface area contributed by atoms with Crippen LogP contribution in [-0.4, -0.2) is 15.0 Å². The number of rotatable bonds is 1. The molecule has 78 valence electrons. The van der Waals surface area contributed by atoms with E-state index in [1.807, 2.05) is 36.4 Å². The maximum absolute atomic E-state index is 7.52. The summed E-state index contributed by atoms with van der Waals surface area (Å²) in [6.45, 7) is 0. The van der Waals surface area contributed by atoms with Crippen molar-refractivity contribution >= 4 is 11.0 Å². The van der Waals surface area contributed by atoms with Gasteiger partial charge in [0.25, 0.3) is 0 Å². The Kier molecular flexibility index (Phi) is 1.86. The monoisotopic (exact) mass is 210 g/mol. The topological polar surface area (TPSA) is 68.3 Å². The molecule has 2 heterocycles. The number of para-hydroxylation sites is 2. The number of hydrogen-bond donors (Lipinski definition) is 3. The third-order valence-corrected chi connectivity index (χ3v) is 2.44. The van der Waals surface area contributed by atoms with Crippen molar-refractivity contribution in [2.45, 2.75) is 0 Å². The lowest BCUT2D eigenvalue weighted by Crippen LogP contribution is -2.04. The highest BCUT2D eigenvalue weighted by atomic mass is 14.9. The quantitative estimate of drug-likeness (QED) is 0.565. The van der Waals surface area contributed by atoms with Gasteiger partial charge in [0.1, 0.15) is 5.49 Å². The molecule has 3 rings (SSSR count). The molecule has 0 amide bonds. The summed E-state index contributed by atoms with van der Waals surface area (Å²) in [5, 5.41) is 7.52. The van der Waals surface area contributed by atoms with Crippen LogP contribution in [0.3, 0.4) is 0 Å². The fraction of sp³-hybridized carbons (Fsp3) is 0. The highest BCUT2D eigenvalue weighted by molar-refractivity contribution is 5.78. The molecule has 16 heavy (non-hydrogen) atoms. The van der Waals surface area contributed by atoms with Crippen molar-refractivity contribution < 1.29 is 0 Å². The molecule has 0 fully saturated rings. The molecule has 0 radical (unpaired) electrons. The van der Waals surface area contributed by atoms with E-state index in [4.69, 9.17) is 5.41 Å². The van der Waals surface area contributed by atoms with Crippen molar-refractivity contribution in [3.8, 4) is 11.5 Å². The lowest BCUT2D eigenvalue weighted by Gasteiger charge is -1.95. The van der Waals surface area contributed by atoms with Crippen LogP contribution in [-0.2, 0) is 0 Å². The van der Waals surface area contributed by atoms with Crippen LogP contribution >= 0.6 is 0 Å². The van der Waals surface area contributed by atoms with Crippen LogP contribution in [0.2, 0.25) is 0 Å². The van der Waals surface area contributed by atoms with Crippen LogP contribution in [0.15, 0.2) is 42.5 Å². The number of fused-ring (bicyclic) bond motifs is 1. The molecular weight excluding hydrogens is 200 g/mol. The summed E-state index contributed by atoms with van der Waals surface area (Å²) in [5.41, 5.74) is 3.13. The molecule has 0 atom stereocenters. The first kappa shape index (κ1) is 8.91. The largest absolute Gasteiger partial charge is 0.338 e. The first-order chi connectivity index (χ1) is 7.83. The molecule has 0 aliphatic heterocycles. The number of benzene rings is 1. The Hall–Kier alpha value is -2.36. The minimum absolute atomic E-state index is 0.373. The molecule has 3 N–H and O–H groups in total. The molecule has 4 heteroatoms. The summed E-state index contributed by atoms with van der Waals surface area (Å²) < 4.78 is 0. The van der Waals surface area contributed by atoms with Gasteiger partial charge in [-0.1, -0.05) is 18.2 Å². The van der Waals surface area contributed by atoms with Gasteiger partial charge in [-0.15, -0.1) is 0 Å². The minimum atomic E-state index is 0.373. The number of aromatic amines is 2. The number of H-pyrrole nitrogens is 2. The summed E-state index contributed by atoms with van der Waals surface area (Å²) in [6.07, 6.45) is 0. The molecule has 3 aromatic rings. The Bertz CT molecular complexity index is 660. The molecule has 0 aliphatic rings. The van der Waals surface area contributed by atoms with Crippen LogP contribution < -0.4 is 5.49 Å². The normalized spacial score (nSPS) is 10.8. The zero-order valence-electron chi connectivity index (χ0n) is 8.49. The molecule has 2 aromatic heterocycles. The molecule has 0 saturated carbocycles. The Labute approximate surface area is 91.5 Å². The third kappa shape index (κ3) is 1.40. The number of aromatic nitrogens is 3. The zero-order valence-corrected chi connectivity index (χ0v) is 8.49. The van der Waals surface area contributed by atoms with Crippen molar-refractivity contribution in [2.75, 3.05) is 0 Å². The number of nitrogens with one attached hydrogen (secondary N) is 3. The van der Waals surface area contributed by atoms with Gasteiger partial charge in [-0.2, -0.15) is 0 Å². The molecule has 0 saturated heterocycles. The summed E-state index contributed by atoms with van der Waals surface area (Å²) in [7, 11) is 0. The Morgan fingerprint density at radius 2 is 1.81 bits per heavy atom. The van der Waals surface area contributed by atoms with Crippen molar-refractivity contribution in [1.29, 1.82) is 5.41 Å². The van der Waals surface area contributed by atoms with Crippen molar-refractivity contribution in [1.82, 2.24) is 15.0 Å². The first-order valence-corrected chi connectivity index (χ1v) is 5.02. The average Bonchev–Trinajstić information content (AvgIpc) is 2.72. The summed E-state index contributed by atoms with van der Waals surface area (Å²) >= 11 is 0. The average molecular weight is 210 g/mol. The highest BCUT2D eigenvalue weighted by Crippen LogP contribution is 2.16. The van der Waals surface area contributed by atoms with Crippen molar-refractivity contribution in [3.05, 3.63) is 48.0 Å².